The van der Waals surface area contributed by atoms with E-state index in [4.69, 9.17) is 0 Å². The Morgan fingerprint density at radius 3 is 1.87 bits per heavy atom. The number of aliphatic hydroxyl groups excluding tert-OH is 1. The van der Waals surface area contributed by atoms with Crippen LogP contribution in [0.2, 0.25) is 0 Å². The van der Waals surface area contributed by atoms with Crippen molar-refractivity contribution >= 4 is 5.97 Å². The Labute approximate surface area is 86.2 Å². The van der Waals surface area contributed by atoms with Crippen molar-refractivity contribution in [1.82, 2.24) is 0 Å². The van der Waals surface area contributed by atoms with Crippen molar-refractivity contribution in [2.24, 2.45) is 11.3 Å². The van der Waals surface area contributed by atoms with E-state index in [1.54, 1.807) is 0 Å². The van der Waals surface area contributed by atoms with E-state index in [2.05, 4.69) is 4.74 Å². The largest absolute Gasteiger partial charge is 0.468 e. The number of aliphatic hydroxyl groups is 1. The number of carbonyl (C=O) groups excluding carboxylic acids is 1. The van der Waals surface area contributed by atoms with Crippen LogP contribution in [0, 0.1) is 11.3 Å². The molecule has 0 bridgehead atoms. The lowest BCUT2D eigenvalue weighted by atomic mass is 9.81. The second-order valence-electron chi connectivity index (χ2n) is 4.35. The molecule has 0 aliphatic rings. The SMILES string of the molecule is COC(=O)[C@@H]([C@H](O)C(C)(C)C)C(F)(F)F. The molecule has 1 N–H and O–H groups in total. The van der Waals surface area contributed by atoms with E-state index in [1.165, 1.54) is 20.8 Å². The maximum absolute atomic E-state index is 12.5. The molecule has 6 heteroatoms. The van der Waals surface area contributed by atoms with Crippen molar-refractivity contribution in [2.75, 3.05) is 7.11 Å². The van der Waals surface area contributed by atoms with Gasteiger partial charge >= 0.3 is 12.1 Å². The molecular formula is C9H15F3O3. The molecule has 0 fully saturated rings. The molecule has 0 aliphatic carbocycles. The molecule has 0 aromatic rings. The average Bonchev–Trinajstić information content (AvgIpc) is 1.99. The maximum atomic E-state index is 12.5. The van der Waals surface area contributed by atoms with E-state index in [0.717, 1.165) is 7.11 Å². The first-order valence-corrected chi connectivity index (χ1v) is 4.34. The molecule has 0 radical (unpaired) electrons. The summed E-state index contributed by atoms with van der Waals surface area (Å²) in [5.41, 5.74) is -1.05. The van der Waals surface area contributed by atoms with Crippen molar-refractivity contribution in [3.63, 3.8) is 0 Å². The van der Waals surface area contributed by atoms with Gasteiger partial charge in [-0.15, -0.1) is 0 Å². The molecule has 0 heterocycles. The van der Waals surface area contributed by atoms with Crippen LogP contribution in [0.4, 0.5) is 13.2 Å². The average molecular weight is 228 g/mol. The van der Waals surface area contributed by atoms with E-state index < -0.39 is 29.6 Å². The van der Waals surface area contributed by atoms with Crippen molar-refractivity contribution in [2.45, 2.75) is 33.1 Å². The quantitative estimate of drug-likeness (QED) is 0.732. The first kappa shape index (κ1) is 14.2. The summed E-state index contributed by atoms with van der Waals surface area (Å²) in [6, 6.07) is 0. The zero-order valence-corrected chi connectivity index (χ0v) is 9.05. The minimum Gasteiger partial charge on any atom is -0.468 e. The fourth-order valence-electron chi connectivity index (χ4n) is 1.07. The third-order valence-corrected chi connectivity index (χ3v) is 2.01. The number of rotatable bonds is 2. The first-order chi connectivity index (χ1) is 6.51. The van der Waals surface area contributed by atoms with Gasteiger partial charge in [-0.1, -0.05) is 20.8 Å². The Morgan fingerprint density at radius 1 is 1.27 bits per heavy atom. The number of alkyl halides is 3. The van der Waals surface area contributed by atoms with E-state index in [9.17, 15) is 23.1 Å². The zero-order chi connectivity index (χ0) is 12.4. The topological polar surface area (TPSA) is 46.5 Å². The molecule has 0 unspecified atom stereocenters. The Bertz CT molecular complexity index is 230. The van der Waals surface area contributed by atoms with Gasteiger partial charge in [0.25, 0.3) is 0 Å². The maximum Gasteiger partial charge on any atom is 0.404 e. The minimum absolute atomic E-state index is 0.858. The summed E-state index contributed by atoms with van der Waals surface area (Å²) in [4.78, 5) is 10.9. The van der Waals surface area contributed by atoms with Crippen molar-refractivity contribution < 1.29 is 27.8 Å². The molecule has 0 aliphatic heterocycles. The number of halogens is 3. The molecule has 15 heavy (non-hydrogen) atoms. The van der Waals surface area contributed by atoms with Gasteiger partial charge in [0.05, 0.1) is 13.2 Å². The monoisotopic (exact) mass is 228 g/mol. The summed E-state index contributed by atoms with van der Waals surface area (Å²) in [6.45, 7) is 4.25. The number of esters is 1. The van der Waals surface area contributed by atoms with Gasteiger partial charge in [-0.05, 0) is 5.41 Å². The Morgan fingerprint density at radius 2 is 1.67 bits per heavy atom. The fraction of sp³-hybridized carbons (Fsp3) is 0.889. The Hall–Kier alpha value is -0.780. The molecule has 90 valence electrons. The van der Waals surface area contributed by atoms with Crippen LogP contribution in [0.3, 0.4) is 0 Å². The summed E-state index contributed by atoms with van der Waals surface area (Å²) in [5, 5.41) is 9.46. The minimum atomic E-state index is -4.81. The highest BCUT2D eigenvalue weighted by Gasteiger charge is 2.53. The predicted molar refractivity (Wildman–Crippen MR) is 47.0 cm³/mol. The highest BCUT2D eigenvalue weighted by molar-refractivity contribution is 5.74. The van der Waals surface area contributed by atoms with Gasteiger partial charge in [-0.2, -0.15) is 13.2 Å². The lowest BCUT2D eigenvalue weighted by Crippen LogP contribution is -2.46. The number of ether oxygens (including phenoxy) is 1. The van der Waals surface area contributed by atoms with Crippen LogP contribution < -0.4 is 0 Å². The van der Waals surface area contributed by atoms with Gasteiger partial charge in [0.2, 0.25) is 0 Å². The van der Waals surface area contributed by atoms with Crippen LogP contribution in [0.1, 0.15) is 20.8 Å². The number of hydrogen-bond donors (Lipinski definition) is 1. The number of carbonyl (C=O) groups is 1. The fourth-order valence-corrected chi connectivity index (χ4v) is 1.07. The van der Waals surface area contributed by atoms with Crippen LogP contribution in [-0.4, -0.2) is 30.5 Å². The van der Waals surface area contributed by atoms with Gasteiger partial charge in [-0.3, -0.25) is 4.79 Å². The highest BCUT2D eigenvalue weighted by atomic mass is 19.4. The molecule has 2 atom stereocenters. The summed E-state index contributed by atoms with van der Waals surface area (Å²) < 4.78 is 41.5. The van der Waals surface area contributed by atoms with Crippen LogP contribution >= 0.6 is 0 Å². The van der Waals surface area contributed by atoms with Gasteiger partial charge in [0, 0.05) is 0 Å². The lowest BCUT2D eigenvalue weighted by molar-refractivity contribution is -0.223. The van der Waals surface area contributed by atoms with Crippen LogP contribution in [0.15, 0.2) is 0 Å². The van der Waals surface area contributed by atoms with Crippen LogP contribution in [0.25, 0.3) is 0 Å². The summed E-state index contributed by atoms with van der Waals surface area (Å²) in [6.07, 6.45) is -6.63. The summed E-state index contributed by atoms with van der Waals surface area (Å²) >= 11 is 0. The van der Waals surface area contributed by atoms with Crippen molar-refractivity contribution in [3.05, 3.63) is 0 Å². The first-order valence-electron chi connectivity index (χ1n) is 4.34. The van der Waals surface area contributed by atoms with E-state index in [-0.39, 0.29) is 0 Å². The molecule has 0 rings (SSSR count). The highest BCUT2D eigenvalue weighted by Crippen LogP contribution is 2.36. The Kier molecular flexibility index (Phi) is 4.16. The third-order valence-electron chi connectivity index (χ3n) is 2.01. The molecular weight excluding hydrogens is 213 g/mol. The molecule has 3 nitrogen and oxygen atoms in total. The lowest BCUT2D eigenvalue weighted by Gasteiger charge is -2.32. The number of methoxy groups -OCH3 is 1. The second-order valence-corrected chi connectivity index (χ2v) is 4.35. The molecule has 0 saturated carbocycles. The van der Waals surface area contributed by atoms with E-state index in [1.807, 2.05) is 0 Å². The van der Waals surface area contributed by atoms with E-state index >= 15 is 0 Å². The van der Waals surface area contributed by atoms with Crippen LogP contribution in [0.5, 0.6) is 0 Å². The zero-order valence-electron chi connectivity index (χ0n) is 9.05. The Balaban J connectivity index is 5.05. The van der Waals surface area contributed by atoms with Gasteiger partial charge in [0.1, 0.15) is 0 Å². The number of hydrogen-bond acceptors (Lipinski definition) is 3. The third kappa shape index (κ3) is 3.70. The standard InChI is InChI=1S/C9H15F3O3/c1-8(2,3)6(13)5(7(14)15-4)9(10,11)12/h5-6,13H,1-4H3/t5-,6+/m1/s1. The predicted octanol–water partition coefficient (Wildman–Crippen LogP) is 1.74. The molecule has 0 spiro atoms. The normalized spacial score (nSPS) is 17.1. The second kappa shape index (κ2) is 4.38. The summed E-state index contributed by atoms with van der Waals surface area (Å²) in [5.74, 6) is -3.97. The molecule has 0 saturated heterocycles. The smallest absolute Gasteiger partial charge is 0.404 e. The molecule has 0 aromatic carbocycles. The molecule has 0 amide bonds. The van der Waals surface area contributed by atoms with Gasteiger partial charge in [-0.25, -0.2) is 0 Å². The van der Waals surface area contributed by atoms with Gasteiger partial charge in [0.15, 0.2) is 5.92 Å². The van der Waals surface area contributed by atoms with E-state index in [0.29, 0.717) is 0 Å². The van der Waals surface area contributed by atoms with Gasteiger partial charge < -0.3 is 9.84 Å². The van der Waals surface area contributed by atoms with Crippen LogP contribution in [-0.2, 0) is 9.53 Å². The van der Waals surface area contributed by atoms with Crippen molar-refractivity contribution in [3.8, 4) is 0 Å². The molecule has 0 aromatic heterocycles. The summed E-state index contributed by atoms with van der Waals surface area (Å²) in [7, 11) is 0.858. The van der Waals surface area contributed by atoms with Crippen molar-refractivity contribution in [1.29, 1.82) is 0 Å².